The minimum Gasteiger partial charge on any atom is -0.494 e. The summed E-state index contributed by atoms with van der Waals surface area (Å²) in [5.41, 5.74) is 0. The molecule has 3 nitrogen and oxygen atoms in total. The van der Waals surface area contributed by atoms with E-state index in [9.17, 15) is 9.90 Å². The van der Waals surface area contributed by atoms with Gasteiger partial charge in [0.2, 0.25) is 0 Å². The van der Waals surface area contributed by atoms with Crippen molar-refractivity contribution in [2.24, 2.45) is 0 Å². The maximum atomic E-state index is 11.6. The largest absolute Gasteiger partial charge is 0.494 e. The lowest BCUT2D eigenvalue weighted by Gasteiger charge is -2.21. The molecule has 0 amide bonds. The van der Waals surface area contributed by atoms with Crippen LogP contribution in [-0.2, 0) is 0 Å². The van der Waals surface area contributed by atoms with E-state index in [0.29, 0.717) is 16.7 Å². The highest BCUT2D eigenvalue weighted by molar-refractivity contribution is 8.00. The lowest BCUT2D eigenvalue weighted by atomic mass is 10.0. The van der Waals surface area contributed by atoms with Crippen LogP contribution in [0.3, 0.4) is 0 Å². The molecule has 2 aromatic rings. The first-order valence-electron chi connectivity index (χ1n) is 7.78. The van der Waals surface area contributed by atoms with Crippen molar-refractivity contribution in [2.45, 2.75) is 49.2 Å². The monoisotopic (exact) mass is 336 g/mol. The number of benzene rings is 1. The van der Waals surface area contributed by atoms with Crippen LogP contribution < -0.4 is 4.74 Å². The van der Waals surface area contributed by atoms with Gasteiger partial charge in [-0.3, -0.25) is 0 Å². The summed E-state index contributed by atoms with van der Waals surface area (Å²) in [5.74, 6) is -0.00676. The van der Waals surface area contributed by atoms with E-state index in [1.165, 1.54) is 43.4 Å². The molecule has 1 aliphatic rings. The van der Waals surface area contributed by atoms with Crippen molar-refractivity contribution in [3.05, 3.63) is 23.1 Å². The van der Waals surface area contributed by atoms with Crippen molar-refractivity contribution in [1.29, 1.82) is 0 Å². The second kappa shape index (κ2) is 6.92. The minimum absolute atomic E-state index is 0.472. The maximum absolute atomic E-state index is 11.6. The van der Waals surface area contributed by atoms with Crippen molar-refractivity contribution < 1.29 is 14.6 Å². The standard InChI is InChI=1S/C17H20O3S2/c1-2-20-11-8-9-14-13(10-11)15(16(22-14)17(18)19)21-12-6-4-3-5-7-12/h8-10,12H,2-7H2,1H3,(H,18,19). The van der Waals surface area contributed by atoms with Gasteiger partial charge in [-0.05, 0) is 38.0 Å². The fraction of sp³-hybridized carbons (Fsp3) is 0.471. The molecule has 1 aromatic heterocycles. The van der Waals surface area contributed by atoms with E-state index in [1.54, 1.807) is 11.8 Å². The Morgan fingerprint density at radius 3 is 2.82 bits per heavy atom. The summed E-state index contributed by atoms with van der Waals surface area (Å²) in [6, 6.07) is 5.89. The Kier molecular flexibility index (Phi) is 4.93. The third-order valence-corrected chi connectivity index (χ3v) is 6.71. The van der Waals surface area contributed by atoms with Crippen LogP contribution >= 0.6 is 23.1 Å². The highest BCUT2D eigenvalue weighted by Gasteiger charge is 2.23. The molecule has 118 valence electrons. The summed E-state index contributed by atoms with van der Waals surface area (Å²) in [6.45, 7) is 2.57. The first kappa shape index (κ1) is 15.7. The molecule has 1 aromatic carbocycles. The van der Waals surface area contributed by atoms with Crippen molar-refractivity contribution >= 4 is 39.2 Å². The Morgan fingerprint density at radius 2 is 2.14 bits per heavy atom. The van der Waals surface area contributed by atoms with Gasteiger partial charge in [-0.15, -0.1) is 23.1 Å². The Labute approximate surface area is 138 Å². The van der Waals surface area contributed by atoms with Crippen LogP contribution in [0, 0.1) is 0 Å². The van der Waals surface area contributed by atoms with Crippen LogP contribution in [-0.4, -0.2) is 22.9 Å². The van der Waals surface area contributed by atoms with E-state index in [0.717, 1.165) is 20.7 Å². The van der Waals surface area contributed by atoms with Crippen LogP contribution in [0.5, 0.6) is 5.75 Å². The number of fused-ring (bicyclic) bond motifs is 1. The fourth-order valence-corrected chi connectivity index (χ4v) is 5.56. The number of hydrogen-bond donors (Lipinski definition) is 1. The Bertz CT molecular complexity index is 672. The molecule has 0 saturated heterocycles. The zero-order valence-corrected chi connectivity index (χ0v) is 14.3. The number of hydrogen-bond acceptors (Lipinski definition) is 4. The molecule has 22 heavy (non-hydrogen) atoms. The molecular weight excluding hydrogens is 316 g/mol. The van der Waals surface area contributed by atoms with E-state index in [1.807, 2.05) is 25.1 Å². The topological polar surface area (TPSA) is 46.5 Å². The zero-order valence-electron chi connectivity index (χ0n) is 12.6. The number of aromatic carboxylic acids is 1. The summed E-state index contributed by atoms with van der Waals surface area (Å²) >= 11 is 3.13. The molecule has 1 aliphatic carbocycles. The van der Waals surface area contributed by atoms with Gasteiger partial charge in [0, 0.05) is 20.2 Å². The maximum Gasteiger partial charge on any atom is 0.347 e. The number of rotatable bonds is 5. The molecule has 0 unspecified atom stereocenters. The van der Waals surface area contributed by atoms with Gasteiger partial charge >= 0.3 is 5.97 Å². The molecule has 0 bridgehead atoms. The summed E-state index contributed by atoms with van der Waals surface area (Å²) in [6.07, 6.45) is 6.19. The van der Waals surface area contributed by atoms with Crippen LogP contribution in [0.15, 0.2) is 23.1 Å². The van der Waals surface area contributed by atoms with E-state index in [2.05, 4.69) is 0 Å². The Morgan fingerprint density at radius 1 is 1.36 bits per heavy atom. The lowest BCUT2D eigenvalue weighted by molar-refractivity contribution is 0.0699. The third kappa shape index (κ3) is 3.25. The quantitative estimate of drug-likeness (QED) is 0.791. The predicted molar refractivity (Wildman–Crippen MR) is 92.7 cm³/mol. The third-order valence-electron chi connectivity index (χ3n) is 3.96. The number of carboxylic acids is 1. The van der Waals surface area contributed by atoms with Gasteiger partial charge in [-0.25, -0.2) is 4.79 Å². The summed E-state index contributed by atoms with van der Waals surface area (Å²) in [5, 5.41) is 11.1. The second-order valence-electron chi connectivity index (χ2n) is 5.53. The van der Waals surface area contributed by atoms with Crippen LogP contribution in [0.2, 0.25) is 0 Å². The van der Waals surface area contributed by atoms with Crippen LogP contribution in [0.4, 0.5) is 0 Å². The van der Waals surface area contributed by atoms with Gasteiger partial charge in [0.05, 0.1) is 6.61 Å². The first-order chi connectivity index (χ1) is 10.7. The summed E-state index contributed by atoms with van der Waals surface area (Å²) < 4.78 is 6.60. The molecule has 0 spiro atoms. The van der Waals surface area contributed by atoms with Crippen LogP contribution in [0.25, 0.3) is 10.1 Å². The number of carbonyl (C=O) groups is 1. The fourth-order valence-electron chi connectivity index (χ4n) is 2.92. The van der Waals surface area contributed by atoms with Crippen LogP contribution in [0.1, 0.15) is 48.7 Å². The molecule has 0 radical (unpaired) electrons. The SMILES string of the molecule is CCOc1ccc2sc(C(=O)O)c(SC3CCCCC3)c2c1. The molecule has 1 N–H and O–H groups in total. The average Bonchev–Trinajstić information content (AvgIpc) is 2.87. The van der Waals surface area contributed by atoms with Gasteiger partial charge in [-0.2, -0.15) is 0 Å². The van der Waals surface area contributed by atoms with E-state index in [-0.39, 0.29) is 0 Å². The molecule has 3 rings (SSSR count). The molecule has 1 fully saturated rings. The van der Waals surface area contributed by atoms with Gasteiger partial charge < -0.3 is 9.84 Å². The average molecular weight is 336 g/mol. The zero-order chi connectivity index (χ0) is 15.5. The van der Waals surface area contributed by atoms with E-state index in [4.69, 9.17) is 4.74 Å². The van der Waals surface area contributed by atoms with Gasteiger partial charge in [0.15, 0.2) is 0 Å². The molecule has 5 heteroatoms. The smallest absolute Gasteiger partial charge is 0.347 e. The van der Waals surface area contributed by atoms with Crippen molar-refractivity contribution in [1.82, 2.24) is 0 Å². The van der Waals surface area contributed by atoms with Gasteiger partial charge in [0.1, 0.15) is 10.6 Å². The number of carboxylic acid groups (broad SMARTS) is 1. The summed E-state index contributed by atoms with van der Waals surface area (Å²) in [4.78, 5) is 13.0. The van der Waals surface area contributed by atoms with Gasteiger partial charge in [0.25, 0.3) is 0 Å². The first-order valence-corrected chi connectivity index (χ1v) is 9.48. The number of thiophene rings is 1. The van der Waals surface area contributed by atoms with Crippen molar-refractivity contribution in [2.75, 3.05) is 6.61 Å². The molecule has 0 aliphatic heterocycles. The molecular formula is C17H20O3S2. The molecule has 0 atom stereocenters. The van der Waals surface area contributed by atoms with E-state index >= 15 is 0 Å². The highest BCUT2D eigenvalue weighted by Crippen LogP contribution is 2.44. The van der Waals surface area contributed by atoms with Gasteiger partial charge in [-0.1, -0.05) is 19.3 Å². The Hall–Kier alpha value is -1.20. The van der Waals surface area contributed by atoms with Crippen molar-refractivity contribution in [3.8, 4) is 5.75 Å². The number of ether oxygens (including phenoxy) is 1. The number of thioether (sulfide) groups is 1. The Balaban J connectivity index is 2.00. The predicted octanol–water partition coefficient (Wildman–Crippen LogP) is 5.42. The second-order valence-corrected chi connectivity index (χ2v) is 7.90. The highest BCUT2D eigenvalue weighted by atomic mass is 32.2. The summed E-state index contributed by atoms with van der Waals surface area (Å²) in [7, 11) is 0. The van der Waals surface area contributed by atoms with E-state index < -0.39 is 5.97 Å². The normalized spacial score (nSPS) is 16.0. The minimum atomic E-state index is -0.822. The van der Waals surface area contributed by atoms with Crippen molar-refractivity contribution in [3.63, 3.8) is 0 Å². The molecule has 1 saturated carbocycles. The lowest BCUT2D eigenvalue weighted by Crippen LogP contribution is -2.08. The molecule has 1 heterocycles.